The number of aryl methyl sites for hydroxylation is 1. The molecule has 3 rings (SSSR count). The fourth-order valence-electron chi connectivity index (χ4n) is 2.35. The molecule has 3 nitrogen and oxygen atoms in total. The normalized spacial score (nSPS) is 17.6. The van der Waals surface area contributed by atoms with Gasteiger partial charge in [0, 0.05) is 22.2 Å². The molecule has 1 unspecified atom stereocenters. The van der Waals surface area contributed by atoms with Crippen LogP contribution < -0.4 is 0 Å². The second kappa shape index (κ2) is 5.97. The molecule has 1 atom stereocenters. The topological polar surface area (TPSA) is 30.7 Å². The molecule has 1 aliphatic heterocycles. The Morgan fingerprint density at radius 2 is 2.26 bits per heavy atom. The van der Waals surface area contributed by atoms with E-state index in [1.807, 2.05) is 16.4 Å². The molecule has 19 heavy (non-hydrogen) atoms. The van der Waals surface area contributed by atoms with Gasteiger partial charge in [-0.05, 0) is 30.9 Å². The summed E-state index contributed by atoms with van der Waals surface area (Å²) in [4.78, 5) is 1.41. The third-order valence-electron chi connectivity index (χ3n) is 3.26. The Hall–Kier alpha value is -1.00. The minimum absolute atomic E-state index is 0.569. The second-order valence-electron chi connectivity index (χ2n) is 4.78. The first kappa shape index (κ1) is 13.0. The van der Waals surface area contributed by atoms with Crippen molar-refractivity contribution >= 4 is 23.4 Å². The van der Waals surface area contributed by atoms with Crippen molar-refractivity contribution in [2.75, 3.05) is 5.88 Å². The van der Waals surface area contributed by atoms with Crippen molar-refractivity contribution in [2.45, 2.75) is 36.0 Å². The van der Waals surface area contributed by atoms with Gasteiger partial charge in [0.1, 0.15) is 0 Å². The number of aromatic nitrogens is 3. The van der Waals surface area contributed by atoms with Crippen LogP contribution >= 0.6 is 23.4 Å². The average Bonchev–Trinajstić information content (AvgIpc) is 3.02. The van der Waals surface area contributed by atoms with E-state index >= 15 is 0 Å². The van der Waals surface area contributed by atoms with Crippen LogP contribution in [-0.4, -0.2) is 26.1 Å². The van der Waals surface area contributed by atoms with E-state index in [1.165, 1.54) is 10.5 Å². The molecule has 0 N–H and O–H groups in total. The first-order valence-electron chi connectivity index (χ1n) is 6.54. The van der Waals surface area contributed by atoms with Crippen LogP contribution in [0.2, 0.25) is 0 Å². The number of nitrogens with zero attached hydrogens (tertiary/aromatic N) is 3. The summed E-state index contributed by atoms with van der Waals surface area (Å²) < 4.78 is 1.97. The molecule has 1 aromatic carbocycles. The van der Waals surface area contributed by atoms with Gasteiger partial charge >= 0.3 is 0 Å². The average molecular weight is 294 g/mol. The number of hydrogen-bond donors (Lipinski definition) is 0. The lowest BCUT2D eigenvalue weighted by Gasteiger charge is -2.06. The lowest BCUT2D eigenvalue weighted by Crippen LogP contribution is -2.12. The van der Waals surface area contributed by atoms with Gasteiger partial charge in [-0.3, -0.25) is 4.68 Å². The first-order chi connectivity index (χ1) is 9.35. The van der Waals surface area contributed by atoms with Gasteiger partial charge in [0.05, 0.1) is 12.2 Å². The van der Waals surface area contributed by atoms with Gasteiger partial charge in [-0.15, -0.1) is 28.5 Å². The Balaban J connectivity index is 1.60. The smallest absolute Gasteiger partial charge is 0.0827 e. The monoisotopic (exact) mass is 293 g/mol. The Morgan fingerprint density at radius 3 is 3.11 bits per heavy atom. The third-order valence-corrected chi connectivity index (χ3v) is 4.83. The van der Waals surface area contributed by atoms with E-state index in [0.717, 1.165) is 31.5 Å². The van der Waals surface area contributed by atoms with Gasteiger partial charge in [-0.25, -0.2) is 0 Å². The number of hydrogen-bond acceptors (Lipinski definition) is 3. The van der Waals surface area contributed by atoms with Crippen LogP contribution in [-0.2, 0) is 19.4 Å². The molecule has 1 aliphatic rings. The summed E-state index contributed by atoms with van der Waals surface area (Å²) in [6.45, 7) is 0.924. The van der Waals surface area contributed by atoms with Crippen molar-refractivity contribution in [1.29, 1.82) is 0 Å². The third kappa shape index (κ3) is 3.12. The van der Waals surface area contributed by atoms with E-state index in [0.29, 0.717) is 11.1 Å². The standard InChI is InChI=1S/C14H16ClN3S/c15-7-3-5-12-9-18(17-16-12)10-13-8-11-4-1-2-6-14(11)19-13/h1-2,4,6,9,13H,3,5,7-8,10H2. The minimum Gasteiger partial charge on any atom is -0.251 e. The molecule has 1 aromatic heterocycles. The van der Waals surface area contributed by atoms with Crippen molar-refractivity contribution < 1.29 is 0 Å². The van der Waals surface area contributed by atoms with Gasteiger partial charge in [0.2, 0.25) is 0 Å². The molecule has 100 valence electrons. The van der Waals surface area contributed by atoms with Crippen LogP contribution in [0.25, 0.3) is 0 Å². The Morgan fingerprint density at radius 1 is 1.37 bits per heavy atom. The van der Waals surface area contributed by atoms with Crippen LogP contribution in [0.3, 0.4) is 0 Å². The summed E-state index contributed by atoms with van der Waals surface area (Å²) in [6, 6.07) is 8.64. The van der Waals surface area contributed by atoms with Crippen LogP contribution in [0.1, 0.15) is 17.7 Å². The SMILES string of the molecule is ClCCCc1cn(CC2Cc3ccccc3S2)nn1. The van der Waals surface area contributed by atoms with Crippen molar-refractivity contribution in [2.24, 2.45) is 0 Å². The quantitative estimate of drug-likeness (QED) is 0.794. The zero-order valence-corrected chi connectivity index (χ0v) is 12.2. The van der Waals surface area contributed by atoms with E-state index < -0.39 is 0 Å². The molecule has 0 radical (unpaired) electrons. The highest BCUT2D eigenvalue weighted by Gasteiger charge is 2.22. The number of rotatable bonds is 5. The summed E-state index contributed by atoms with van der Waals surface area (Å²) >= 11 is 7.64. The molecule has 0 saturated carbocycles. The molecule has 0 bridgehead atoms. The first-order valence-corrected chi connectivity index (χ1v) is 7.96. The Kier molecular flexibility index (Phi) is 4.09. The molecular formula is C14H16ClN3S. The zero-order valence-electron chi connectivity index (χ0n) is 10.6. The van der Waals surface area contributed by atoms with E-state index in [4.69, 9.17) is 11.6 Å². The van der Waals surface area contributed by atoms with Crippen molar-refractivity contribution in [3.8, 4) is 0 Å². The number of alkyl halides is 1. The maximum Gasteiger partial charge on any atom is 0.0827 e. The van der Waals surface area contributed by atoms with E-state index in [-0.39, 0.29) is 0 Å². The predicted octanol–water partition coefficient (Wildman–Crippen LogP) is 3.17. The molecular weight excluding hydrogens is 278 g/mol. The predicted molar refractivity (Wildman–Crippen MR) is 78.9 cm³/mol. The van der Waals surface area contributed by atoms with E-state index in [2.05, 4.69) is 40.8 Å². The highest BCUT2D eigenvalue weighted by molar-refractivity contribution is 8.00. The van der Waals surface area contributed by atoms with Crippen LogP contribution in [0, 0.1) is 0 Å². The van der Waals surface area contributed by atoms with Gasteiger partial charge in [-0.1, -0.05) is 23.4 Å². The molecule has 2 heterocycles. The maximum absolute atomic E-state index is 5.69. The van der Waals surface area contributed by atoms with Gasteiger partial charge in [0.15, 0.2) is 0 Å². The van der Waals surface area contributed by atoms with Crippen molar-refractivity contribution in [1.82, 2.24) is 15.0 Å². The summed E-state index contributed by atoms with van der Waals surface area (Å²) in [6.07, 6.45) is 5.05. The van der Waals surface area contributed by atoms with E-state index in [9.17, 15) is 0 Å². The Bertz CT molecular complexity index is 530. The van der Waals surface area contributed by atoms with Crippen LogP contribution in [0.5, 0.6) is 0 Å². The fourth-order valence-corrected chi connectivity index (χ4v) is 3.80. The Labute approximate surface area is 122 Å². The second-order valence-corrected chi connectivity index (χ2v) is 6.50. The lowest BCUT2D eigenvalue weighted by atomic mass is 10.1. The fraction of sp³-hybridized carbons (Fsp3) is 0.429. The summed E-state index contributed by atoms with van der Waals surface area (Å²) in [5, 5.41) is 8.97. The van der Waals surface area contributed by atoms with Gasteiger partial charge in [0.25, 0.3) is 0 Å². The highest BCUT2D eigenvalue weighted by Crippen LogP contribution is 2.37. The van der Waals surface area contributed by atoms with E-state index in [1.54, 1.807) is 0 Å². The summed E-state index contributed by atoms with van der Waals surface area (Å²) in [7, 11) is 0. The summed E-state index contributed by atoms with van der Waals surface area (Å²) in [5.41, 5.74) is 2.50. The van der Waals surface area contributed by atoms with Gasteiger partial charge < -0.3 is 0 Å². The molecule has 0 fully saturated rings. The maximum atomic E-state index is 5.69. The van der Waals surface area contributed by atoms with Gasteiger partial charge in [-0.2, -0.15) is 0 Å². The molecule has 5 heteroatoms. The molecule has 2 aromatic rings. The molecule has 0 spiro atoms. The lowest BCUT2D eigenvalue weighted by molar-refractivity contribution is 0.572. The number of fused-ring (bicyclic) bond motifs is 1. The zero-order chi connectivity index (χ0) is 13.1. The number of halogens is 1. The summed E-state index contributed by atoms with van der Waals surface area (Å²) in [5.74, 6) is 0.681. The van der Waals surface area contributed by atoms with Crippen molar-refractivity contribution in [3.05, 3.63) is 41.7 Å². The van der Waals surface area contributed by atoms with Crippen molar-refractivity contribution in [3.63, 3.8) is 0 Å². The largest absolute Gasteiger partial charge is 0.251 e. The molecule has 0 aliphatic carbocycles. The molecule has 0 saturated heterocycles. The van der Waals surface area contributed by atoms with Crippen LogP contribution in [0.15, 0.2) is 35.4 Å². The van der Waals surface area contributed by atoms with Crippen LogP contribution in [0.4, 0.5) is 0 Å². The number of thioether (sulfide) groups is 1. The minimum atomic E-state index is 0.569. The highest BCUT2D eigenvalue weighted by atomic mass is 35.5. The number of benzene rings is 1. The molecule has 0 amide bonds.